The van der Waals surface area contributed by atoms with Gasteiger partial charge in [-0.1, -0.05) is 0 Å². The predicted octanol–water partition coefficient (Wildman–Crippen LogP) is -2.14. The molecule has 9 N–H and O–H groups in total. The maximum atomic E-state index is 8.74. The van der Waals surface area contributed by atoms with Gasteiger partial charge in [-0.25, -0.2) is 0 Å². The van der Waals surface area contributed by atoms with E-state index in [2.05, 4.69) is 0 Å². The largest absolute Gasteiger partial charge is 0.412 e. The molecule has 0 rings (SSSR count). The Balaban J connectivity index is -0.0000000133. The summed E-state index contributed by atoms with van der Waals surface area (Å²) >= 11 is 0. The van der Waals surface area contributed by atoms with Gasteiger partial charge in [-0.05, 0) is 0 Å². The van der Waals surface area contributed by atoms with Gasteiger partial charge in [0.25, 0.3) is 0 Å². The van der Waals surface area contributed by atoms with Crippen molar-refractivity contribution in [3.63, 3.8) is 0 Å². The molecule has 0 saturated carbocycles. The molecule has 0 aliphatic heterocycles. The van der Waals surface area contributed by atoms with Crippen LogP contribution < -0.4 is 6.15 Å². The van der Waals surface area contributed by atoms with E-state index in [0.29, 0.717) is 0 Å². The van der Waals surface area contributed by atoms with Crippen molar-refractivity contribution in [3.8, 4) is 0 Å². The van der Waals surface area contributed by atoms with Crippen LogP contribution in [0.15, 0.2) is 0 Å². The Morgan fingerprint density at radius 1 is 1.00 bits per heavy atom. The van der Waals surface area contributed by atoms with E-state index < -0.39 is 10.4 Å². The minimum absolute atomic E-state index is 0. The van der Waals surface area contributed by atoms with E-state index in [1.165, 1.54) is 0 Å². The molecule has 0 aliphatic rings. The summed E-state index contributed by atoms with van der Waals surface area (Å²) in [5.74, 6) is 0. The molecule has 0 aromatic rings. The molecule has 9 heteroatoms. The smallest absolute Gasteiger partial charge is 0.394 e. The Morgan fingerprint density at radius 2 is 1.00 bits per heavy atom. The fourth-order valence-corrected chi connectivity index (χ4v) is 0. The Bertz CT molecular complexity index is 96.2. The molecule has 0 radical (unpaired) electrons. The molecule has 0 spiro atoms. The maximum Gasteiger partial charge on any atom is 0.394 e. The average molecular weight is 247 g/mol. The molecular weight excluding hydrogens is 238 g/mol. The first kappa shape index (κ1) is 34.1. The molecule has 0 aromatic heterocycles. The summed E-state index contributed by atoms with van der Waals surface area (Å²) in [6.07, 6.45) is 0. The van der Waals surface area contributed by atoms with Gasteiger partial charge >= 0.3 is 10.4 Å². The van der Waals surface area contributed by atoms with Gasteiger partial charge in [0.15, 0.2) is 0 Å². The quantitative estimate of drug-likeness (QED) is 0.326. The van der Waals surface area contributed by atoms with E-state index in [9.17, 15) is 0 Å². The zero-order valence-corrected chi connectivity index (χ0v) is 7.06. The van der Waals surface area contributed by atoms with Crippen molar-refractivity contribution in [1.82, 2.24) is 6.15 Å². The van der Waals surface area contributed by atoms with Crippen LogP contribution >= 0.6 is 0 Å². The van der Waals surface area contributed by atoms with E-state index >= 15 is 0 Å². The standard InChI is InChI=1S/Mo.H3N.H2O4S.2H2O/c;;1-5(2,3)4;;/h;1H3;(H2,1,2,3,4);2*1H2. The van der Waals surface area contributed by atoms with Crippen LogP contribution in [0.3, 0.4) is 0 Å². The molecule has 9 heavy (non-hydrogen) atoms. The molecule has 0 heterocycles. The first-order valence-corrected chi connectivity index (χ1v) is 2.10. The number of hydrogen-bond acceptors (Lipinski definition) is 3. The summed E-state index contributed by atoms with van der Waals surface area (Å²) in [4.78, 5) is 0. The number of hydrogen-bond donors (Lipinski definition) is 3. The molecule has 0 atom stereocenters. The van der Waals surface area contributed by atoms with Crippen LogP contribution in [0.5, 0.6) is 0 Å². The Hall–Kier alpha value is 0.438. The summed E-state index contributed by atoms with van der Waals surface area (Å²) in [6.45, 7) is 0. The normalized spacial score (nSPS) is 6.44. The molecule has 0 fully saturated rings. The van der Waals surface area contributed by atoms with E-state index in [0.717, 1.165) is 0 Å². The zero-order chi connectivity index (χ0) is 4.50. The second-order valence-corrected chi connectivity index (χ2v) is 1.34. The van der Waals surface area contributed by atoms with E-state index in [1.807, 2.05) is 0 Å². The molecule has 0 unspecified atom stereocenters. The van der Waals surface area contributed by atoms with Crippen LogP contribution in [0.4, 0.5) is 0 Å². The summed E-state index contributed by atoms with van der Waals surface area (Å²) in [7, 11) is -4.67. The average Bonchev–Trinajstić information content (AvgIpc) is 0.722. The van der Waals surface area contributed by atoms with Gasteiger partial charge in [-0.2, -0.15) is 8.42 Å². The van der Waals surface area contributed by atoms with Crippen LogP contribution in [0, 0.1) is 0 Å². The topological polar surface area (TPSA) is 173 Å². The first-order chi connectivity index (χ1) is 2.00. The minimum Gasteiger partial charge on any atom is -0.412 e. The van der Waals surface area contributed by atoms with Crippen LogP contribution in [0.1, 0.15) is 0 Å². The van der Waals surface area contributed by atoms with Crippen molar-refractivity contribution in [2.75, 3.05) is 0 Å². The van der Waals surface area contributed by atoms with Crippen molar-refractivity contribution in [3.05, 3.63) is 0 Å². The van der Waals surface area contributed by atoms with Crippen LogP contribution in [0.2, 0.25) is 0 Å². The fraction of sp³-hybridized carbons (Fsp3) is 0. The molecular formula is H9MoNO6S. The van der Waals surface area contributed by atoms with Gasteiger partial charge in [-0.3, -0.25) is 9.11 Å². The summed E-state index contributed by atoms with van der Waals surface area (Å²) in [5.41, 5.74) is 0. The second kappa shape index (κ2) is 11.3. The Morgan fingerprint density at radius 3 is 1.00 bits per heavy atom. The van der Waals surface area contributed by atoms with Crippen molar-refractivity contribution >= 4 is 10.4 Å². The molecule has 7 nitrogen and oxygen atoms in total. The SMILES string of the molecule is N.O.O.O=S(=O)(O)O.[Mo]. The molecule has 0 saturated heterocycles. The van der Waals surface area contributed by atoms with Gasteiger partial charge in [-0.15, -0.1) is 0 Å². The third-order valence-corrected chi connectivity index (χ3v) is 0. The van der Waals surface area contributed by atoms with Crippen molar-refractivity contribution in [2.24, 2.45) is 0 Å². The Labute approximate surface area is 66.5 Å². The van der Waals surface area contributed by atoms with Crippen LogP contribution in [-0.4, -0.2) is 28.5 Å². The summed E-state index contributed by atoms with van der Waals surface area (Å²) < 4.78 is 31.6. The molecule has 62 valence electrons. The van der Waals surface area contributed by atoms with Gasteiger partial charge < -0.3 is 17.1 Å². The van der Waals surface area contributed by atoms with Gasteiger partial charge in [0.05, 0.1) is 0 Å². The summed E-state index contributed by atoms with van der Waals surface area (Å²) in [5, 5.41) is 0. The maximum absolute atomic E-state index is 8.74. The minimum atomic E-state index is -4.67. The third-order valence-electron chi connectivity index (χ3n) is 0. The molecule has 0 aromatic carbocycles. The molecule has 0 amide bonds. The second-order valence-electron chi connectivity index (χ2n) is 0.448. The predicted molar refractivity (Wildman–Crippen MR) is 26.4 cm³/mol. The third kappa shape index (κ3) is 1820. The van der Waals surface area contributed by atoms with E-state index in [4.69, 9.17) is 17.5 Å². The molecule has 0 bridgehead atoms. The van der Waals surface area contributed by atoms with Crippen molar-refractivity contribution in [1.29, 1.82) is 0 Å². The van der Waals surface area contributed by atoms with Crippen molar-refractivity contribution in [2.45, 2.75) is 0 Å². The van der Waals surface area contributed by atoms with Crippen molar-refractivity contribution < 1.29 is 49.5 Å². The zero-order valence-electron chi connectivity index (χ0n) is 4.23. The van der Waals surface area contributed by atoms with Crippen LogP contribution in [-0.2, 0) is 31.5 Å². The van der Waals surface area contributed by atoms with E-state index in [-0.39, 0.29) is 38.2 Å². The van der Waals surface area contributed by atoms with Crippen LogP contribution in [0.25, 0.3) is 0 Å². The van der Waals surface area contributed by atoms with E-state index in [1.54, 1.807) is 0 Å². The molecule has 0 aliphatic carbocycles. The summed E-state index contributed by atoms with van der Waals surface area (Å²) in [6, 6.07) is 0. The monoisotopic (exact) mass is 249 g/mol. The Kier molecular flexibility index (Phi) is 42.7. The fourth-order valence-electron chi connectivity index (χ4n) is 0. The number of rotatable bonds is 0. The van der Waals surface area contributed by atoms with Gasteiger partial charge in [0.2, 0.25) is 0 Å². The first-order valence-electron chi connectivity index (χ1n) is 0.698. The van der Waals surface area contributed by atoms with Gasteiger partial charge in [0, 0.05) is 21.1 Å². The van der Waals surface area contributed by atoms with Gasteiger partial charge in [0.1, 0.15) is 0 Å².